The Kier molecular flexibility index (Phi) is 16.0. The van der Waals surface area contributed by atoms with Gasteiger partial charge in [0.05, 0.1) is 10.8 Å². The Hall–Kier alpha value is -14.3. The third-order valence-electron chi connectivity index (χ3n) is 23.2. The van der Waals surface area contributed by atoms with Crippen LogP contribution in [0.2, 0.25) is 0 Å². The molecule has 8 heteroatoms. The van der Waals surface area contributed by atoms with Gasteiger partial charge in [0.1, 0.15) is 0 Å². The van der Waals surface area contributed by atoms with Crippen molar-refractivity contribution < 1.29 is 0 Å². The smallest absolute Gasteiger partial charge is 0.165 e. The summed E-state index contributed by atoms with van der Waals surface area (Å²) in [5, 5.41) is 9.50. The standard InChI is InChI=1S/C56H35N3S.C50H31N3S/c1-4-17-37(18-5-1)53-57-54(38-19-6-2-7-20-38)59-55(58-53)52-42-23-11-10-16-36(42)28-31-43(52)39-29-32-50-46(34-39)47-35-41(30-33-51(47)60-50)56(40-21-8-3-9-22-40)48-26-14-12-24-44(48)45-25-13-15-27-49(45)56;1-3-14-33(15-4-1)47-51-48(35-24-23-32-13-7-8-16-34(32)29-35)53-49(52-47)36-25-27-45-41(30-36)42-31-38(26-28-46(42)54-45)50(37-17-5-2-6-18-37)43-21-11-9-19-39(43)40-20-10-12-22-44(40)50/h1-35H;1-31H. The number of nitrogens with zero attached hydrogens (tertiary/aromatic N) is 6. The van der Waals surface area contributed by atoms with E-state index in [2.05, 4.69) is 346 Å². The maximum absolute atomic E-state index is 5.25. The Morgan fingerprint density at radius 3 is 0.947 bits per heavy atom. The number of rotatable bonds is 11. The summed E-state index contributed by atoms with van der Waals surface area (Å²) in [7, 11) is 0. The molecular formula is C106H66N6S2. The summed E-state index contributed by atoms with van der Waals surface area (Å²) < 4.78 is 5.02. The zero-order valence-electron chi connectivity index (χ0n) is 61.6. The van der Waals surface area contributed by atoms with Crippen LogP contribution in [-0.2, 0) is 10.8 Å². The predicted octanol–water partition coefficient (Wildman–Crippen LogP) is 27.2. The molecule has 0 bridgehead atoms. The Bertz CT molecular complexity index is 7220. The highest BCUT2D eigenvalue weighted by atomic mass is 32.1. The van der Waals surface area contributed by atoms with Gasteiger partial charge in [-0.05, 0) is 160 Å². The van der Waals surface area contributed by atoms with E-state index in [0.29, 0.717) is 34.9 Å². The lowest BCUT2D eigenvalue weighted by atomic mass is 9.67. The van der Waals surface area contributed by atoms with E-state index in [-0.39, 0.29) is 0 Å². The molecule has 17 aromatic carbocycles. The second-order valence-electron chi connectivity index (χ2n) is 29.4. The van der Waals surface area contributed by atoms with E-state index >= 15 is 0 Å². The molecule has 532 valence electrons. The van der Waals surface area contributed by atoms with Crippen molar-refractivity contribution in [3.63, 3.8) is 0 Å². The molecule has 0 saturated heterocycles. The first-order valence-corrected chi connectivity index (χ1v) is 40.3. The first-order valence-electron chi connectivity index (χ1n) is 38.6. The Morgan fingerprint density at radius 1 is 0.175 bits per heavy atom. The van der Waals surface area contributed by atoms with Crippen LogP contribution >= 0.6 is 22.7 Å². The van der Waals surface area contributed by atoms with Gasteiger partial charge in [-0.3, -0.25) is 0 Å². The fourth-order valence-electron chi connectivity index (χ4n) is 18.1. The number of hydrogen-bond donors (Lipinski definition) is 0. The minimum Gasteiger partial charge on any atom is -0.208 e. The molecule has 0 fully saturated rings. The Balaban J connectivity index is 0.000000140. The normalized spacial score (nSPS) is 12.9. The van der Waals surface area contributed by atoms with Crippen molar-refractivity contribution in [2.45, 2.75) is 10.8 Å². The van der Waals surface area contributed by atoms with Crippen LogP contribution in [0.3, 0.4) is 0 Å². The largest absolute Gasteiger partial charge is 0.208 e. The number of thiophene rings is 2. The Labute approximate surface area is 667 Å². The lowest BCUT2D eigenvalue weighted by molar-refractivity contribution is 0.770. The highest BCUT2D eigenvalue weighted by Gasteiger charge is 2.48. The molecular weight excluding hydrogens is 1420 g/mol. The monoisotopic (exact) mass is 1490 g/mol. The molecule has 0 saturated carbocycles. The van der Waals surface area contributed by atoms with Crippen molar-refractivity contribution in [1.82, 2.24) is 29.9 Å². The zero-order chi connectivity index (χ0) is 75.3. The summed E-state index contributed by atoms with van der Waals surface area (Å²) in [6.45, 7) is 0. The van der Waals surface area contributed by atoms with Gasteiger partial charge in [0.2, 0.25) is 0 Å². The first kappa shape index (κ1) is 66.7. The van der Waals surface area contributed by atoms with Crippen LogP contribution in [0.15, 0.2) is 400 Å². The quantitative estimate of drug-likeness (QED) is 0.128. The third kappa shape index (κ3) is 10.9. The van der Waals surface area contributed by atoms with E-state index in [1.54, 1.807) is 0 Å². The van der Waals surface area contributed by atoms with Crippen molar-refractivity contribution in [3.05, 3.63) is 445 Å². The lowest BCUT2D eigenvalue weighted by Crippen LogP contribution is -2.28. The lowest BCUT2D eigenvalue weighted by Gasteiger charge is -2.34. The molecule has 2 aliphatic carbocycles. The molecule has 0 radical (unpaired) electrons. The van der Waals surface area contributed by atoms with Crippen molar-refractivity contribution >= 4 is 84.6 Å². The number of hydrogen-bond acceptors (Lipinski definition) is 8. The summed E-state index contributed by atoms with van der Waals surface area (Å²) in [6, 6.07) is 144. The molecule has 4 aromatic heterocycles. The number of fused-ring (bicyclic) bond motifs is 14. The second kappa shape index (κ2) is 27.3. The zero-order valence-corrected chi connectivity index (χ0v) is 63.2. The van der Waals surface area contributed by atoms with Gasteiger partial charge in [-0.15, -0.1) is 22.7 Å². The van der Waals surface area contributed by atoms with E-state index in [0.717, 1.165) is 60.7 Å². The summed E-state index contributed by atoms with van der Waals surface area (Å²) >= 11 is 3.68. The molecule has 0 amide bonds. The van der Waals surface area contributed by atoms with Crippen LogP contribution in [0.5, 0.6) is 0 Å². The molecule has 114 heavy (non-hydrogen) atoms. The van der Waals surface area contributed by atoms with Crippen LogP contribution in [0.25, 0.3) is 164 Å². The molecule has 6 nitrogen and oxygen atoms in total. The predicted molar refractivity (Wildman–Crippen MR) is 473 cm³/mol. The van der Waals surface area contributed by atoms with E-state index in [1.165, 1.54) is 112 Å². The number of benzene rings is 17. The van der Waals surface area contributed by atoms with E-state index < -0.39 is 10.8 Å². The topological polar surface area (TPSA) is 77.3 Å². The fourth-order valence-corrected chi connectivity index (χ4v) is 20.2. The van der Waals surface area contributed by atoms with Gasteiger partial charge in [-0.25, -0.2) is 29.9 Å². The van der Waals surface area contributed by atoms with Crippen molar-refractivity contribution in [2.24, 2.45) is 0 Å². The number of aromatic nitrogens is 6. The molecule has 21 aromatic rings. The molecule has 0 spiro atoms. The molecule has 0 atom stereocenters. The van der Waals surface area contributed by atoms with Crippen molar-refractivity contribution in [1.29, 1.82) is 0 Å². The molecule has 23 rings (SSSR count). The van der Waals surface area contributed by atoms with E-state index in [4.69, 9.17) is 29.9 Å². The van der Waals surface area contributed by atoms with Gasteiger partial charge >= 0.3 is 0 Å². The average Bonchev–Trinajstić information content (AvgIpc) is 1.54. The highest BCUT2D eigenvalue weighted by molar-refractivity contribution is 7.26. The summed E-state index contributed by atoms with van der Waals surface area (Å²) in [5.41, 5.74) is 22.5. The summed E-state index contributed by atoms with van der Waals surface area (Å²) in [5.74, 6) is 3.91. The van der Waals surface area contributed by atoms with Gasteiger partial charge in [0.15, 0.2) is 34.9 Å². The molecule has 0 unspecified atom stereocenters. The molecule has 0 aliphatic heterocycles. The van der Waals surface area contributed by atoms with Crippen LogP contribution in [-0.4, -0.2) is 29.9 Å². The molecule has 0 N–H and O–H groups in total. The van der Waals surface area contributed by atoms with E-state index in [9.17, 15) is 0 Å². The third-order valence-corrected chi connectivity index (χ3v) is 25.5. The SMILES string of the molecule is c1ccc(-c2nc(-c3ccc4ccccc4c3)nc(-c3ccc4sc5ccc(C6(c7ccccc7)c7ccccc7-c7ccccc76)cc5c4c3)n2)cc1.c1ccc(-c2nc(-c3ccccc3)nc(-c3c(-c4ccc5sc6ccc(C7(c8ccccc8)c8ccccc8-c8ccccc87)cc6c5c4)ccc4ccccc34)n2)cc1. The van der Waals surface area contributed by atoms with Gasteiger partial charge in [-0.1, -0.05) is 340 Å². The minimum absolute atomic E-state index is 0.456. The van der Waals surface area contributed by atoms with Crippen LogP contribution < -0.4 is 0 Å². The van der Waals surface area contributed by atoms with E-state index in [1.807, 2.05) is 77.3 Å². The first-order chi connectivity index (χ1) is 56.5. The van der Waals surface area contributed by atoms with Crippen LogP contribution in [0.4, 0.5) is 0 Å². The highest BCUT2D eigenvalue weighted by Crippen LogP contribution is 2.59. The van der Waals surface area contributed by atoms with Crippen molar-refractivity contribution in [2.75, 3.05) is 0 Å². The minimum atomic E-state index is -0.467. The molecule has 4 heterocycles. The van der Waals surface area contributed by atoms with Gasteiger partial charge < -0.3 is 0 Å². The van der Waals surface area contributed by atoms with Crippen molar-refractivity contribution in [3.8, 4) is 102 Å². The fraction of sp³-hybridized carbons (Fsp3) is 0.0189. The van der Waals surface area contributed by atoms with Crippen LogP contribution in [0.1, 0.15) is 44.5 Å². The maximum Gasteiger partial charge on any atom is 0.165 e. The summed E-state index contributed by atoms with van der Waals surface area (Å²) in [6.07, 6.45) is 0. The second-order valence-corrected chi connectivity index (χ2v) is 31.6. The van der Waals surface area contributed by atoms with Gasteiger partial charge in [0.25, 0.3) is 0 Å². The Morgan fingerprint density at radius 2 is 0.491 bits per heavy atom. The van der Waals surface area contributed by atoms with Crippen LogP contribution in [0, 0.1) is 0 Å². The average molecular weight is 1490 g/mol. The summed E-state index contributed by atoms with van der Waals surface area (Å²) in [4.78, 5) is 30.8. The van der Waals surface area contributed by atoms with Gasteiger partial charge in [-0.2, -0.15) is 0 Å². The molecule has 2 aliphatic rings. The van der Waals surface area contributed by atoms with Gasteiger partial charge in [0, 0.05) is 73.7 Å². The maximum atomic E-state index is 5.25.